The molecule has 0 amide bonds. The zero-order chi connectivity index (χ0) is 5.98. The zero-order valence-electron chi connectivity index (χ0n) is 4.86. The van der Waals surface area contributed by atoms with Crippen molar-refractivity contribution in [3.63, 3.8) is 0 Å². The summed E-state index contributed by atoms with van der Waals surface area (Å²) < 4.78 is 17.0. The largest absolute Gasteiger partial charge is 0.367 e. The molecule has 48 valence electrons. The number of halogens is 1. The molecule has 8 heavy (non-hydrogen) atoms. The molecule has 0 saturated carbocycles. The van der Waals surface area contributed by atoms with E-state index in [1.54, 1.807) is 7.11 Å². The summed E-state index contributed by atoms with van der Waals surface area (Å²) in [6, 6.07) is 0. The second-order valence-electron chi connectivity index (χ2n) is 1.94. The molecule has 1 saturated heterocycles. The van der Waals surface area contributed by atoms with Crippen molar-refractivity contribution in [2.24, 2.45) is 0 Å². The van der Waals surface area contributed by atoms with Gasteiger partial charge in [0.25, 0.3) is 0 Å². The van der Waals surface area contributed by atoms with Crippen LogP contribution >= 0.6 is 0 Å². The van der Waals surface area contributed by atoms with E-state index in [9.17, 15) is 4.39 Å². The average Bonchev–Trinajstić information content (AvgIpc) is 2.14. The number of hydrogen-bond donors (Lipinski definition) is 1. The lowest BCUT2D eigenvalue weighted by atomic mass is 10.3. The van der Waals surface area contributed by atoms with Crippen LogP contribution in [0.15, 0.2) is 0 Å². The molecule has 1 heterocycles. The topological polar surface area (TPSA) is 21.3 Å². The highest BCUT2D eigenvalue weighted by atomic mass is 19.1. The van der Waals surface area contributed by atoms with Gasteiger partial charge in [-0.1, -0.05) is 0 Å². The van der Waals surface area contributed by atoms with Crippen LogP contribution in [0.2, 0.25) is 0 Å². The number of alkyl halides is 1. The lowest BCUT2D eigenvalue weighted by Crippen LogP contribution is -2.27. The van der Waals surface area contributed by atoms with Crippen molar-refractivity contribution in [3.8, 4) is 0 Å². The number of rotatable bonds is 1. The van der Waals surface area contributed by atoms with Gasteiger partial charge in [-0.3, -0.25) is 5.32 Å². The van der Waals surface area contributed by atoms with Crippen molar-refractivity contribution < 1.29 is 9.13 Å². The molecule has 0 bridgehead atoms. The van der Waals surface area contributed by atoms with Crippen molar-refractivity contribution in [2.45, 2.75) is 25.4 Å². The molecule has 2 atom stereocenters. The predicted octanol–water partition coefficient (Wildman–Crippen LogP) is 0.638. The Morgan fingerprint density at radius 1 is 1.62 bits per heavy atom. The Bertz CT molecular complexity index is 78.8. The van der Waals surface area contributed by atoms with Crippen molar-refractivity contribution in [3.05, 3.63) is 0 Å². The highest BCUT2D eigenvalue weighted by Gasteiger charge is 2.21. The molecule has 2 unspecified atom stereocenters. The monoisotopic (exact) mass is 119 g/mol. The number of ether oxygens (including phenoxy) is 1. The number of methoxy groups -OCH3 is 1. The highest BCUT2D eigenvalue weighted by Crippen LogP contribution is 2.12. The van der Waals surface area contributed by atoms with Gasteiger partial charge in [0, 0.05) is 7.11 Å². The van der Waals surface area contributed by atoms with Gasteiger partial charge in [-0.15, -0.1) is 0 Å². The summed E-state index contributed by atoms with van der Waals surface area (Å²) >= 11 is 0. The summed E-state index contributed by atoms with van der Waals surface area (Å²) in [5, 5.41) is 2.61. The molecule has 2 nitrogen and oxygen atoms in total. The molecule has 0 aromatic rings. The molecule has 3 heteroatoms. The summed E-state index contributed by atoms with van der Waals surface area (Å²) in [6.07, 6.45) is 0.473. The van der Waals surface area contributed by atoms with E-state index >= 15 is 0 Å². The van der Waals surface area contributed by atoms with Gasteiger partial charge in [-0.05, 0) is 12.8 Å². The fourth-order valence-corrected chi connectivity index (χ4v) is 0.852. The summed E-state index contributed by atoms with van der Waals surface area (Å²) in [7, 11) is 1.58. The summed E-state index contributed by atoms with van der Waals surface area (Å²) in [6.45, 7) is 0. The van der Waals surface area contributed by atoms with Crippen LogP contribution in [0.5, 0.6) is 0 Å². The SMILES string of the molecule is COC1CCC(F)N1. The van der Waals surface area contributed by atoms with E-state index in [0.717, 1.165) is 6.42 Å². The lowest BCUT2D eigenvalue weighted by Gasteiger charge is -2.05. The van der Waals surface area contributed by atoms with Gasteiger partial charge in [-0.25, -0.2) is 4.39 Å². The van der Waals surface area contributed by atoms with Crippen LogP contribution < -0.4 is 5.32 Å². The van der Waals surface area contributed by atoms with E-state index in [0.29, 0.717) is 6.42 Å². The van der Waals surface area contributed by atoms with Gasteiger partial charge >= 0.3 is 0 Å². The second kappa shape index (κ2) is 2.42. The minimum Gasteiger partial charge on any atom is -0.367 e. The predicted molar refractivity (Wildman–Crippen MR) is 28.1 cm³/mol. The van der Waals surface area contributed by atoms with Crippen LogP contribution in [0.25, 0.3) is 0 Å². The van der Waals surface area contributed by atoms with E-state index in [-0.39, 0.29) is 6.23 Å². The maximum Gasteiger partial charge on any atom is 0.153 e. The Morgan fingerprint density at radius 2 is 2.38 bits per heavy atom. The molecule has 1 N–H and O–H groups in total. The van der Waals surface area contributed by atoms with Crippen LogP contribution in [0.1, 0.15) is 12.8 Å². The first-order valence-corrected chi connectivity index (χ1v) is 2.76. The van der Waals surface area contributed by atoms with E-state index in [1.165, 1.54) is 0 Å². The molecule has 1 rings (SSSR count). The third kappa shape index (κ3) is 1.17. The Morgan fingerprint density at radius 3 is 2.62 bits per heavy atom. The standard InChI is InChI=1S/C5H10FNO/c1-8-5-3-2-4(6)7-5/h4-5,7H,2-3H2,1H3. The summed E-state index contributed by atoms with van der Waals surface area (Å²) in [5.41, 5.74) is 0. The fourth-order valence-electron chi connectivity index (χ4n) is 0.852. The molecule has 0 aliphatic carbocycles. The zero-order valence-corrected chi connectivity index (χ0v) is 4.86. The summed E-state index contributed by atoms with van der Waals surface area (Å²) in [4.78, 5) is 0. The normalized spacial score (nSPS) is 38.2. The molecular formula is C5H10FNO. The Kier molecular flexibility index (Phi) is 1.81. The Hall–Kier alpha value is -0.150. The molecule has 0 aromatic carbocycles. The summed E-state index contributed by atoms with van der Waals surface area (Å²) in [5.74, 6) is 0. The number of hydrogen-bond acceptors (Lipinski definition) is 2. The molecule has 1 aliphatic heterocycles. The van der Waals surface area contributed by atoms with Crippen molar-refractivity contribution in [1.29, 1.82) is 0 Å². The van der Waals surface area contributed by atoms with Crippen LogP contribution in [-0.4, -0.2) is 19.6 Å². The van der Waals surface area contributed by atoms with Crippen molar-refractivity contribution in [1.82, 2.24) is 5.32 Å². The first kappa shape index (κ1) is 5.98. The minimum absolute atomic E-state index is 0.0509. The third-order valence-corrected chi connectivity index (χ3v) is 1.33. The molecule has 0 radical (unpaired) electrons. The van der Waals surface area contributed by atoms with Gasteiger partial charge in [0.15, 0.2) is 6.30 Å². The molecule has 0 aromatic heterocycles. The first-order chi connectivity index (χ1) is 3.83. The molecular weight excluding hydrogens is 109 g/mol. The van der Waals surface area contributed by atoms with Gasteiger partial charge in [0.05, 0.1) is 0 Å². The smallest absolute Gasteiger partial charge is 0.153 e. The van der Waals surface area contributed by atoms with E-state index in [1.807, 2.05) is 0 Å². The van der Waals surface area contributed by atoms with E-state index < -0.39 is 6.30 Å². The van der Waals surface area contributed by atoms with Crippen LogP contribution in [0.4, 0.5) is 4.39 Å². The quantitative estimate of drug-likeness (QED) is 0.511. The third-order valence-electron chi connectivity index (χ3n) is 1.33. The fraction of sp³-hybridized carbons (Fsp3) is 1.00. The Balaban J connectivity index is 2.22. The van der Waals surface area contributed by atoms with Crippen molar-refractivity contribution >= 4 is 0 Å². The number of nitrogens with one attached hydrogen (secondary N) is 1. The minimum atomic E-state index is -0.847. The second-order valence-corrected chi connectivity index (χ2v) is 1.94. The Labute approximate surface area is 48.0 Å². The van der Waals surface area contributed by atoms with E-state index in [4.69, 9.17) is 4.74 Å². The first-order valence-electron chi connectivity index (χ1n) is 2.76. The maximum absolute atomic E-state index is 12.2. The van der Waals surface area contributed by atoms with Gasteiger partial charge < -0.3 is 4.74 Å². The van der Waals surface area contributed by atoms with Gasteiger partial charge in [0.1, 0.15) is 6.23 Å². The van der Waals surface area contributed by atoms with E-state index in [2.05, 4.69) is 5.32 Å². The molecule has 1 aliphatic rings. The molecule has 0 spiro atoms. The maximum atomic E-state index is 12.2. The van der Waals surface area contributed by atoms with Crippen molar-refractivity contribution in [2.75, 3.05) is 7.11 Å². The molecule has 1 fully saturated rings. The van der Waals surface area contributed by atoms with Crippen LogP contribution in [0.3, 0.4) is 0 Å². The lowest BCUT2D eigenvalue weighted by molar-refractivity contribution is 0.0778. The van der Waals surface area contributed by atoms with Crippen LogP contribution in [0, 0.1) is 0 Å². The van der Waals surface area contributed by atoms with Gasteiger partial charge in [-0.2, -0.15) is 0 Å². The average molecular weight is 119 g/mol. The highest BCUT2D eigenvalue weighted by molar-refractivity contribution is 4.68. The van der Waals surface area contributed by atoms with Crippen LogP contribution in [-0.2, 0) is 4.74 Å². The van der Waals surface area contributed by atoms with Gasteiger partial charge in [0.2, 0.25) is 0 Å².